The number of hydrogen-bond donors (Lipinski definition) is 0. The SMILES string of the molecule is CCCCOCC.COC. The van der Waals surface area contributed by atoms with Crippen LogP contribution in [-0.2, 0) is 9.47 Å². The summed E-state index contributed by atoms with van der Waals surface area (Å²) in [6.07, 6.45) is 2.44. The minimum absolute atomic E-state index is 0.861. The Morgan fingerprint density at radius 1 is 1.10 bits per heavy atom. The van der Waals surface area contributed by atoms with Gasteiger partial charge in [-0.15, -0.1) is 0 Å². The summed E-state index contributed by atoms with van der Waals surface area (Å²) in [7, 11) is 3.25. The molecule has 0 aromatic carbocycles. The molecule has 2 heteroatoms. The van der Waals surface area contributed by atoms with E-state index in [2.05, 4.69) is 11.7 Å². The Labute approximate surface area is 64.5 Å². The van der Waals surface area contributed by atoms with Gasteiger partial charge in [0.25, 0.3) is 0 Å². The van der Waals surface area contributed by atoms with Crippen LogP contribution in [0.25, 0.3) is 0 Å². The second kappa shape index (κ2) is 16.0. The van der Waals surface area contributed by atoms with E-state index in [0.29, 0.717) is 0 Å². The van der Waals surface area contributed by atoms with Crippen molar-refractivity contribution in [2.24, 2.45) is 0 Å². The average molecular weight is 148 g/mol. The molecule has 0 aromatic heterocycles. The molecule has 0 aliphatic rings. The highest BCUT2D eigenvalue weighted by atomic mass is 16.5. The molecule has 0 fully saturated rings. The zero-order chi connectivity index (χ0) is 8.24. The molecule has 0 spiro atoms. The summed E-state index contributed by atoms with van der Waals surface area (Å²) in [5.41, 5.74) is 0. The second-order valence-corrected chi connectivity index (χ2v) is 1.96. The van der Waals surface area contributed by atoms with Gasteiger partial charge >= 0.3 is 0 Å². The summed E-state index contributed by atoms with van der Waals surface area (Å²) in [6, 6.07) is 0. The number of unbranched alkanes of at least 4 members (excludes halogenated alkanes) is 1. The van der Waals surface area contributed by atoms with E-state index in [1.165, 1.54) is 12.8 Å². The molecule has 64 valence electrons. The molecule has 0 N–H and O–H groups in total. The molecule has 0 saturated heterocycles. The molecule has 0 aliphatic heterocycles. The molecule has 0 radical (unpaired) electrons. The fourth-order valence-corrected chi connectivity index (χ4v) is 0.391. The third kappa shape index (κ3) is 24.7. The number of rotatable bonds is 4. The van der Waals surface area contributed by atoms with Crippen LogP contribution in [0, 0.1) is 0 Å². The molecule has 10 heavy (non-hydrogen) atoms. The van der Waals surface area contributed by atoms with Crippen LogP contribution in [0.5, 0.6) is 0 Å². The first-order valence-electron chi connectivity index (χ1n) is 3.81. The molecule has 0 amide bonds. The fraction of sp³-hybridized carbons (Fsp3) is 1.00. The van der Waals surface area contributed by atoms with Crippen LogP contribution < -0.4 is 0 Å². The van der Waals surface area contributed by atoms with Gasteiger partial charge in [0.1, 0.15) is 0 Å². The van der Waals surface area contributed by atoms with E-state index < -0.39 is 0 Å². The standard InChI is InChI=1S/C6H14O.C2H6O/c1-3-5-6-7-4-2;1-3-2/h3-6H2,1-2H3;1-2H3. The van der Waals surface area contributed by atoms with Crippen LogP contribution in [0.4, 0.5) is 0 Å². The number of hydrogen-bond acceptors (Lipinski definition) is 2. The number of methoxy groups -OCH3 is 1. The Morgan fingerprint density at radius 2 is 1.60 bits per heavy atom. The van der Waals surface area contributed by atoms with Crippen molar-refractivity contribution in [3.63, 3.8) is 0 Å². The molecule has 2 nitrogen and oxygen atoms in total. The molecule has 0 aromatic rings. The van der Waals surface area contributed by atoms with E-state index in [-0.39, 0.29) is 0 Å². The van der Waals surface area contributed by atoms with Gasteiger partial charge in [0.15, 0.2) is 0 Å². The van der Waals surface area contributed by atoms with Crippen molar-refractivity contribution in [2.45, 2.75) is 26.7 Å². The third-order valence-corrected chi connectivity index (χ3v) is 0.846. The lowest BCUT2D eigenvalue weighted by molar-refractivity contribution is 0.144. The Morgan fingerprint density at radius 3 is 1.90 bits per heavy atom. The van der Waals surface area contributed by atoms with Crippen LogP contribution in [0.15, 0.2) is 0 Å². The van der Waals surface area contributed by atoms with Crippen molar-refractivity contribution in [2.75, 3.05) is 27.4 Å². The molecular formula is C8H20O2. The second-order valence-electron chi connectivity index (χ2n) is 1.96. The summed E-state index contributed by atoms with van der Waals surface area (Å²) in [6.45, 7) is 5.99. The molecule has 0 rings (SSSR count). The smallest absolute Gasteiger partial charge is 0.0465 e. The fourth-order valence-electron chi connectivity index (χ4n) is 0.391. The highest BCUT2D eigenvalue weighted by Crippen LogP contribution is 1.85. The Hall–Kier alpha value is -0.0800. The summed E-state index contributed by atoms with van der Waals surface area (Å²) < 4.78 is 9.32. The van der Waals surface area contributed by atoms with E-state index in [1.807, 2.05) is 6.92 Å². The van der Waals surface area contributed by atoms with E-state index >= 15 is 0 Å². The maximum Gasteiger partial charge on any atom is 0.0465 e. The van der Waals surface area contributed by atoms with Crippen molar-refractivity contribution in [3.8, 4) is 0 Å². The predicted octanol–water partition coefficient (Wildman–Crippen LogP) is 2.09. The number of ether oxygens (including phenoxy) is 2. The van der Waals surface area contributed by atoms with Crippen LogP contribution >= 0.6 is 0 Å². The molecule has 0 bridgehead atoms. The molecule has 0 saturated carbocycles. The van der Waals surface area contributed by atoms with Gasteiger partial charge in [0, 0.05) is 27.4 Å². The molecular weight excluding hydrogens is 128 g/mol. The average Bonchev–Trinajstić information content (AvgIpc) is 1.91. The van der Waals surface area contributed by atoms with Crippen molar-refractivity contribution < 1.29 is 9.47 Å². The third-order valence-electron chi connectivity index (χ3n) is 0.846. The first kappa shape index (κ1) is 12.6. The predicted molar refractivity (Wildman–Crippen MR) is 44.3 cm³/mol. The molecule has 0 atom stereocenters. The van der Waals surface area contributed by atoms with Gasteiger partial charge < -0.3 is 9.47 Å². The van der Waals surface area contributed by atoms with Gasteiger partial charge in [0.2, 0.25) is 0 Å². The normalized spacial score (nSPS) is 8.40. The van der Waals surface area contributed by atoms with Crippen LogP contribution in [0.2, 0.25) is 0 Å². The lowest BCUT2D eigenvalue weighted by Crippen LogP contribution is -1.90. The minimum atomic E-state index is 0.861. The molecule has 0 heterocycles. The van der Waals surface area contributed by atoms with Crippen molar-refractivity contribution in [1.29, 1.82) is 0 Å². The molecule has 0 aliphatic carbocycles. The van der Waals surface area contributed by atoms with E-state index in [4.69, 9.17) is 4.74 Å². The van der Waals surface area contributed by atoms with Gasteiger partial charge in [-0.25, -0.2) is 0 Å². The Balaban J connectivity index is 0. The van der Waals surface area contributed by atoms with Crippen molar-refractivity contribution in [1.82, 2.24) is 0 Å². The highest BCUT2D eigenvalue weighted by molar-refractivity contribution is 4.28. The Bertz CT molecular complexity index is 34.2. The lowest BCUT2D eigenvalue weighted by Gasteiger charge is -1.94. The highest BCUT2D eigenvalue weighted by Gasteiger charge is 1.78. The van der Waals surface area contributed by atoms with E-state index in [1.54, 1.807) is 14.2 Å². The van der Waals surface area contributed by atoms with Gasteiger partial charge in [-0.1, -0.05) is 13.3 Å². The van der Waals surface area contributed by atoms with E-state index in [9.17, 15) is 0 Å². The van der Waals surface area contributed by atoms with Crippen LogP contribution in [-0.4, -0.2) is 27.4 Å². The zero-order valence-corrected chi connectivity index (χ0v) is 7.64. The van der Waals surface area contributed by atoms with Gasteiger partial charge in [-0.3, -0.25) is 0 Å². The van der Waals surface area contributed by atoms with Gasteiger partial charge in [-0.2, -0.15) is 0 Å². The maximum atomic E-state index is 5.07. The summed E-state index contributed by atoms with van der Waals surface area (Å²) >= 11 is 0. The molecule has 0 unspecified atom stereocenters. The monoisotopic (exact) mass is 148 g/mol. The minimum Gasteiger partial charge on any atom is -0.388 e. The Kier molecular flexibility index (Phi) is 20.1. The summed E-state index contributed by atoms with van der Waals surface area (Å²) in [5, 5.41) is 0. The summed E-state index contributed by atoms with van der Waals surface area (Å²) in [4.78, 5) is 0. The first-order chi connectivity index (χ1) is 4.83. The van der Waals surface area contributed by atoms with Crippen LogP contribution in [0.1, 0.15) is 26.7 Å². The quantitative estimate of drug-likeness (QED) is 0.568. The van der Waals surface area contributed by atoms with Crippen LogP contribution in [0.3, 0.4) is 0 Å². The van der Waals surface area contributed by atoms with Crippen molar-refractivity contribution >= 4 is 0 Å². The van der Waals surface area contributed by atoms with Crippen molar-refractivity contribution in [3.05, 3.63) is 0 Å². The first-order valence-corrected chi connectivity index (χ1v) is 3.81. The zero-order valence-electron chi connectivity index (χ0n) is 7.64. The van der Waals surface area contributed by atoms with Gasteiger partial charge in [0.05, 0.1) is 0 Å². The topological polar surface area (TPSA) is 18.5 Å². The van der Waals surface area contributed by atoms with Gasteiger partial charge in [-0.05, 0) is 13.3 Å². The lowest BCUT2D eigenvalue weighted by atomic mass is 10.4. The summed E-state index contributed by atoms with van der Waals surface area (Å²) in [5.74, 6) is 0. The maximum absolute atomic E-state index is 5.07. The largest absolute Gasteiger partial charge is 0.388 e. The van der Waals surface area contributed by atoms with E-state index in [0.717, 1.165) is 13.2 Å².